The van der Waals surface area contributed by atoms with Crippen LogP contribution in [0.25, 0.3) is 6.08 Å². The van der Waals surface area contributed by atoms with Gasteiger partial charge in [-0.05, 0) is 23.9 Å². The van der Waals surface area contributed by atoms with Crippen LogP contribution >= 0.6 is 15.9 Å². The number of aliphatic hydroxyl groups is 2. The molecule has 0 saturated heterocycles. The average Bonchev–Trinajstić information content (AvgIpc) is 2.99. The highest BCUT2D eigenvalue weighted by Gasteiger charge is 2.46. The van der Waals surface area contributed by atoms with Crippen molar-refractivity contribution in [2.45, 2.75) is 70.1 Å². The molecule has 0 radical (unpaired) electrons. The highest BCUT2D eigenvalue weighted by Crippen LogP contribution is 2.36. The summed E-state index contributed by atoms with van der Waals surface area (Å²) >= 11 is 3.10. The fourth-order valence-electron chi connectivity index (χ4n) is 3.70. The average molecular weight is 473 g/mol. The molecule has 0 bridgehead atoms. The Morgan fingerprint density at radius 3 is 2.72 bits per heavy atom. The van der Waals surface area contributed by atoms with Crippen LogP contribution in [0.4, 0.5) is 0 Å². The number of hydrogen-bond acceptors (Lipinski definition) is 6. The summed E-state index contributed by atoms with van der Waals surface area (Å²) in [6.45, 7) is 1.82. The van der Waals surface area contributed by atoms with E-state index in [4.69, 9.17) is 4.74 Å². The Morgan fingerprint density at radius 1 is 1.34 bits per heavy atom. The van der Waals surface area contributed by atoms with E-state index in [-0.39, 0.29) is 25.0 Å². The van der Waals surface area contributed by atoms with Crippen molar-refractivity contribution in [2.24, 2.45) is 5.92 Å². The molecule has 1 fully saturated rings. The number of nitrogens with zero attached hydrogens (tertiary/aromatic N) is 1. The van der Waals surface area contributed by atoms with Gasteiger partial charge in [0.15, 0.2) is 0 Å². The van der Waals surface area contributed by atoms with Gasteiger partial charge in [-0.15, -0.1) is 0 Å². The smallest absolute Gasteiger partial charge is 0.328 e. The molecule has 1 aliphatic carbocycles. The number of carbonyl (C=O) groups excluding carboxylic acids is 1. The van der Waals surface area contributed by atoms with Crippen molar-refractivity contribution in [3.63, 3.8) is 0 Å². The molecular formula is C20H29BrN2O6. The summed E-state index contributed by atoms with van der Waals surface area (Å²) in [6, 6.07) is -0.682. The van der Waals surface area contributed by atoms with Gasteiger partial charge >= 0.3 is 11.7 Å². The molecule has 4 atom stereocenters. The fourth-order valence-corrected chi connectivity index (χ4v) is 3.98. The maximum Gasteiger partial charge on any atom is 0.328 e. The van der Waals surface area contributed by atoms with Crippen LogP contribution in [0.3, 0.4) is 0 Å². The molecule has 0 amide bonds. The first-order valence-corrected chi connectivity index (χ1v) is 10.9. The monoisotopic (exact) mass is 472 g/mol. The van der Waals surface area contributed by atoms with Gasteiger partial charge in [0.2, 0.25) is 0 Å². The number of aliphatic hydroxyl groups excluding tert-OH is 2. The summed E-state index contributed by atoms with van der Waals surface area (Å²) in [5.41, 5.74) is -0.956. The van der Waals surface area contributed by atoms with E-state index < -0.39 is 41.4 Å². The molecule has 0 spiro atoms. The van der Waals surface area contributed by atoms with Gasteiger partial charge in [-0.1, -0.05) is 48.5 Å². The van der Waals surface area contributed by atoms with Crippen LogP contribution in [0.1, 0.15) is 63.5 Å². The summed E-state index contributed by atoms with van der Waals surface area (Å²) in [4.78, 5) is 40.3. The van der Waals surface area contributed by atoms with Crippen LogP contribution in [0, 0.1) is 5.92 Å². The molecule has 2 rings (SSSR count). The second-order valence-electron chi connectivity index (χ2n) is 7.40. The lowest BCUT2D eigenvalue weighted by Gasteiger charge is -2.24. The van der Waals surface area contributed by atoms with E-state index in [0.29, 0.717) is 6.42 Å². The predicted octanol–water partition coefficient (Wildman–Crippen LogP) is 2.09. The minimum absolute atomic E-state index is 0.238. The largest absolute Gasteiger partial charge is 0.457 e. The topological polar surface area (TPSA) is 122 Å². The lowest BCUT2D eigenvalue weighted by Crippen LogP contribution is -2.40. The van der Waals surface area contributed by atoms with Gasteiger partial charge in [0.1, 0.15) is 6.10 Å². The Labute approximate surface area is 177 Å². The summed E-state index contributed by atoms with van der Waals surface area (Å²) in [5, 5.41) is 20.1. The number of nitrogens with one attached hydrogen (secondary N) is 1. The van der Waals surface area contributed by atoms with Crippen LogP contribution in [-0.4, -0.2) is 44.5 Å². The van der Waals surface area contributed by atoms with E-state index >= 15 is 0 Å². The van der Waals surface area contributed by atoms with E-state index in [1.165, 1.54) is 21.8 Å². The third-order valence-corrected chi connectivity index (χ3v) is 5.59. The minimum atomic E-state index is -1.09. The summed E-state index contributed by atoms with van der Waals surface area (Å²) in [7, 11) is 0. The van der Waals surface area contributed by atoms with Crippen molar-refractivity contribution < 1.29 is 19.7 Å². The number of unbranched alkanes of at least 4 members (excludes halogenated alkanes) is 4. The first-order chi connectivity index (χ1) is 13.9. The normalized spacial score (nSPS) is 24.3. The summed E-state index contributed by atoms with van der Waals surface area (Å²) < 4.78 is 6.80. The molecule has 0 aromatic carbocycles. The molecule has 0 aliphatic heterocycles. The van der Waals surface area contributed by atoms with E-state index in [1.807, 2.05) is 0 Å². The molecule has 1 saturated carbocycles. The maximum atomic E-state index is 12.4. The molecule has 162 valence electrons. The van der Waals surface area contributed by atoms with Gasteiger partial charge in [-0.3, -0.25) is 19.1 Å². The molecular weight excluding hydrogens is 444 g/mol. The van der Waals surface area contributed by atoms with E-state index in [0.717, 1.165) is 25.7 Å². The van der Waals surface area contributed by atoms with Crippen molar-refractivity contribution in [3.8, 4) is 0 Å². The van der Waals surface area contributed by atoms with Crippen LogP contribution in [0.15, 0.2) is 20.8 Å². The first-order valence-electron chi connectivity index (χ1n) is 10.0. The number of halogens is 1. The number of rotatable bonds is 10. The lowest BCUT2D eigenvalue weighted by molar-refractivity contribution is -0.156. The first kappa shape index (κ1) is 23.6. The highest BCUT2D eigenvalue weighted by atomic mass is 79.9. The number of H-pyrrole nitrogens is 1. The minimum Gasteiger partial charge on any atom is -0.457 e. The molecule has 3 N–H and O–H groups in total. The van der Waals surface area contributed by atoms with Crippen LogP contribution in [0.5, 0.6) is 0 Å². The molecule has 1 aromatic heterocycles. The van der Waals surface area contributed by atoms with Crippen molar-refractivity contribution >= 4 is 28.0 Å². The van der Waals surface area contributed by atoms with E-state index in [1.54, 1.807) is 0 Å². The lowest BCUT2D eigenvalue weighted by atomic mass is 10.1. The molecule has 8 nitrogen and oxygen atoms in total. The van der Waals surface area contributed by atoms with Gasteiger partial charge < -0.3 is 14.9 Å². The highest BCUT2D eigenvalue weighted by molar-refractivity contribution is 9.11. The molecule has 9 heteroatoms. The Kier molecular flexibility index (Phi) is 9.32. The fraction of sp³-hybridized carbons (Fsp3) is 0.650. The Bertz CT molecular complexity index is 818. The summed E-state index contributed by atoms with van der Waals surface area (Å²) in [6.07, 6.45) is 6.21. The Morgan fingerprint density at radius 2 is 2.07 bits per heavy atom. The number of carbonyl (C=O) groups is 1. The second kappa shape index (κ2) is 11.5. The van der Waals surface area contributed by atoms with Gasteiger partial charge in [-0.2, -0.15) is 0 Å². The zero-order valence-electron chi connectivity index (χ0n) is 16.6. The van der Waals surface area contributed by atoms with Crippen molar-refractivity contribution in [1.29, 1.82) is 0 Å². The van der Waals surface area contributed by atoms with Gasteiger partial charge in [0, 0.05) is 25.1 Å². The second-order valence-corrected chi connectivity index (χ2v) is 7.93. The zero-order chi connectivity index (χ0) is 21.4. The third-order valence-electron chi connectivity index (χ3n) is 5.32. The van der Waals surface area contributed by atoms with Crippen LogP contribution in [0.2, 0.25) is 0 Å². The standard InChI is InChI=1S/C20H29BrN2O6/c1-2-3-4-5-6-7-16(25)29-18-15(10-14(12-24)17(18)26)23-11-13(8-9-21)19(27)22-20(23)28/h8-9,11,14-15,17-18,24,26H,2-7,10,12H2,1H3,(H,22,27,28)/t14-,15-,17-,18-/m1/s1. The Balaban J connectivity index is 2.19. The van der Waals surface area contributed by atoms with Crippen LogP contribution in [-0.2, 0) is 9.53 Å². The molecule has 1 aromatic rings. The number of aromatic amines is 1. The van der Waals surface area contributed by atoms with Crippen LogP contribution < -0.4 is 11.2 Å². The van der Waals surface area contributed by atoms with E-state index in [9.17, 15) is 24.6 Å². The van der Waals surface area contributed by atoms with Gasteiger partial charge in [0.25, 0.3) is 5.56 Å². The maximum absolute atomic E-state index is 12.4. The summed E-state index contributed by atoms with van der Waals surface area (Å²) in [5.74, 6) is -0.969. The number of ether oxygens (including phenoxy) is 1. The van der Waals surface area contributed by atoms with Crippen molar-refractivity contribution in [3.05, 3.63) is 37.6 Å². The van der Waals surface area contributed by atoms with Gasteiger partial charge in [-0.25, -0.2) is 4.79 Å². The SMILES string of the molecule is CCCCCCCC(=O)O[C@H]1[C@H](O)[C@@H](CO)C[C@H]1n1cc(C=CBr)c(=O)[nH]c1=O. The van der Waals surface area contributed by atoms with Gasteiger partial charge in [0.05, 0.1) is 17.7 Å². The third kappa shape index (κ3) is 6.13. The Hall–Kier alpha value is -1.71. The number of aromatic nitrogens is 2. The molecule has 1 aliphatic rings. The van der Waals surface area contributed by atoms with Crippen molar-refractivity contribution in [1.82, 2.24) is 9.55 Å². The molecule has 0 unspecified atom stereocenters. The number of esters is 1. The quantitative estimate of drug-likeness (QED) is 0.354. The predicted molar refractivity (Wildman–Crippen MR) is 113 cm³/mol. The molecule has 29 heavy (non-hydrogen) atoms. The van der Waals surface area contributed by atoms with E-state index in [2.05, 4.69) is 27.8 Å². The number of hydrogen-bond donors (Lipinski definition) is 3. The van der Waals surface area contributed by atoms with Crippen molar-refractivity contribution in [2.75, 3.05) is 6.61 Å². The zero-order valence-corrected chi connectivity index (χ0v) is 18.1. The molecule has 1 heterocycles.